The van der Waals surface area contributed by atoms with E-state index in [4.69, 9.17) is 0 Å². The zero-order valence-electron chi connectivity index (χ0n) is 10.8. The van der Waals surface area contributed by atoms with E-state index in [1.165, 1.54) is 35.6 Å². The standard InChI is InChI=1S/C11H19N5OS/c1-3-4-5-6-7-9-13-14-10(18-9)16-8-12-15(2)11(16)17/h12H,3-8H2,1-2H3. The van der Waals surface area contributed by atoms with E-state index in [0.717, 1.165) is 17.8 Å². The van der Waals surface area contributed by atoms with Gasteiger partial charge in [-0.1, -0.05) is 37.5 Å². The molecule has 0 aromatic carbocycles. The molecule has 0 saturated carbocycles. The first-order valence-electron chi connectivity index (χ1n) is 6.33. The molecular weight excluding hydrogens is 250 g/mol. The van der Waals surface area contributed by atoms with Crippen molar-refractivity contribution in [2.75, 3.05) is 18.6 Å². The van der Waals surface area contributed by atoms with Crippen LogP contribution in [-0.2, 0) is 6.42 Å². The van der Waals surface area contributed by atoms with Crippen LogP contribution in [0.4, 0.5) is 9.93 Å². The maximum Gasteiger partial charge on any atom is 0.341 e. The van der Waals surface area contributed by atoms with Gasteiger partial charge in [-0.3, -0.25) is 9.91 Å². The van der Waals surface area contributed by atoms with Crippen molar-refractivity contribution in [1.82, 2.24) is 20.6 Å². The molecule has 1 aromatic rings. The number of rotatable bonds is 6. The summed E-state index contributed by atoms with van der Waals surface area (Å²) in [6.45, 7) is 2.67. The Morgan fingerprint density at radius 1 is 1.33 bits per heavy atom. The van der Waals surface area contributed by atoms with E-state index >= 15 is 0 Å². The maximum absolute atomic E-state index is 11.7. The van der Waals surface area contributed by atoms with E-state index in [0.29, 0.717) is 11.8 Å². The molecule has 2 amide bonds. The number of anilines is 1. The minimum Gasteiger partial charge on any atom is -0.261 e. The van der Waals surface area contributed by atoms with Gasteiger partial charge in [0.25, 0.3) is 0 Å². The molecule has 0 spiro atoms. The summed E-state index contributed by atoms with van der Waals surface area (Å²) < 4.78 is 0. The zero-order valence-corrected chi connectivity index (χ0v) is 11.7. The SMILES string of the molecule is CCCCCCc1nnc(N2CNN(C)C2=O)s1. The molecule has 18 heavy (non-hydrogen) atoms. The molecule has 0 atom stereocenters. The average molecular weight is 269 g/mol. The number of carbonyl (C=O) groups is 1. The molecule has 1 fully saturated rings. The molecule has 100 valence electrons. The number of nitrogens with zero attached hydrogens (tertiary/aromatic N) is 4. The highest BCUT2D eigenvalue weighted by molar-refractivity contribution is 7.15. The van der Waals surface area contributed by atoms with Crippen molar-refractivity contribution in [1.29, 1.82) is 0 Å². The van der Waals surface area contributed by atoms with Crippen LogP contribution >= 0.6 is 11.3 Å². The Morgan fingerprint density at radius 2 is 2.17 bits per heavy atom. The second-order valence-corrected chi connectivity index (χ2v) is 5.42. The van der Waals surface area contributed by atoms with Crippen LogP contribution in [-0.4, -0.2) is 35.0 Å². The summed E-state index contributed by atoms with van der Waals surface area (Å²) in [5.41, 5.74) is 2.94. The van der Waals surface area contributed by atoms with Gasteiger partial charge < -0.3 is 0 Å². The van der Waals surface area contributed by atoms with E-state index in [1.54, 1.807) is 11.9 Å². The van der Waals surface area contributed by atoms with Gasteiger partial charge in [0.1, 0.15) is 5.01 Å². The number of unbranched alkanes of at least 4 members (excludes halogenated alkanes) is 3. The number of urea groups is 1. The third-order valence-electron chi connectivity index (χ3n) is 2.92. The van der Waals surface area contributed by atoms with Gasteiger partial charge in [0.15, 0.2) is 0 Å². The molecule has 1 aromatic heterocycles. The predicted molar refractivity (Wildman–Crippen MR) is 71.4 cm³/mol. The number of nitrogens with one attached hydrogen (secondary N) is 1. The first-order valence-corrected chi connectivity index (χ1v) is 7.15. The first-order chi connectivity index (χ1) is 8.72. The maximum atomic E-state index is 11.7. The summed E-state index contributed by atoms with van der Waals surface area (Å²) in [5.74, 6) is 0. The van der Waals surface area contributed by atoms with E-state index in [2.05, 4.69) is 22.5 Å². The van der Waals surface area contributed by atoms with Crippen LogP contribution in [0.3, 0.4) is 0 Å². The van der Waals surface area contributed by atoms with Crippen molar-refractivity contribution in [2.24, 2.45) is 0 Å². The van der Waals surface area contributed by atoms with Crippen molar-refractivity contribution in [3.63, 3.8) is 0 Å². The summed E-state index contributed by atoms with van der Waals surface area (Å²) in [6, 6.07) is -0.0799. The Morgan fingerprint density at radius 3 is 2.83 bits per heavy atom. The number of hydrogen-bond acceptors (Lipinski definition) is 5. The smallest absolute Gasteiger partial charge is 0.261 e. The summed E-state index contributed by atoms with van der Waals surface area (Å²) in [7, 11) is 1.70. The van der Waals surface area contributed by atoms with Crippen molar-refractivity contribution >= 4 is 22.5 Å². The van der Waals surface area contributed by atoms with Gasteiger partial charge in [-0.05, 0) is 6.42 Å². The Labute approximate surface area is 111 Å². The van der Waals surface area contributed by atoms with Crippen LogP contribution in [0, 0.1) is 0 Å². The van der Waals surface area contributed by atoms with Gasteiger partial charge in [0.2, 0.25) is 5.13 Å². The Balaban J connectivity index is 1.88. The molecule has 0 aliphatic carbocycles. The zero-order chi connectivity index (χ0) is 13.0. The van der Waals surface area contributed by atoms with Crippen molar-refractivity contribution < 1.29 is 4.79 Å². The second-order valence-electron chi connectivity index (χ2n) is 4.37. The topological polar surface area (TPSA) is 61.4 Å². The lowest BCUT2D eigenvalue weighted by Gasteiger charge is -2.09. The molecular formula is C11H19N5OS. The minimum atomic E-state index is -0.0799. The fourth-order valence-corrected chi connectivity index (χ4v) is 2.67. The minimum absolute atomic E-state index is 0.0799. The fraction of sp³-hybridized carbons (Fsp3) is 0.727. The Kier molecular flexibility index (Phi) is 4.48. The Bertz CT molecular complexity index is 408. The summed E-state index contributed by atoms with van der Waals surface area (Å²) in [5, 5.41) is 11.4. The van der Waals surface area contributed by atoms with Gasteiger partial charge in [0, 0.05) is 13.5 Å². The highest BCUT2D eigenvalue weighted by atomic mass is 32.1. The van der Waals surface area contributed by atoms with Gasteiger partial charge in [-0.15, -0.1) is 10.2 Å². The molecule has 1 aliphatic rings. The third kappa shape index (κ3) is 2.97. The Hall–Kier alpha value is -1.21. The fourth-order valence-electron chi connectivity index (χ4n) is 1.80. The second kappa shape index (κ2) is 6.10. The van der Waals surface area contributed by atoms with Crippen LogP contribution in [0.15, 0.2) is 0 Å². The highest BCUT2D eigenvalue weighted by Gasteiger charge is 2.28. The quantitative estimate of drug-likeness (QED) is 0.802. The van der Waals surface area contributed by atoms with Crippen LogP contribution in [0.5, 0.6) is 0 Å². The largest absolute Gasteiger partial charge is 0.341 e. The van der Waals surface area contributed by atoms with E-state index in [9.17, 15) is 4.79 Å². The van der Waals surface area contributed by atoms with E-state index in [1.807, 2.05) is 0 Å². The summed E-state index contributed by atoms with van der Waals surface area (Å²) >= 11 is 1.51. The van der Waals surface area contributed by atoms with Crippen molar-refractivity contribution in [2.45, 2.75) is 39.0 Å². The van der Waals surface area contributed by atoms with Crippen LogP contribution < -0.4 is 10.3 Å². The number of aryl methyl sites for hydroxylation is 1. The normalized spacial score (nSPS) is 15.8. The predicted octanol–water partition coefficient (Wildman–Crippen LogP) is 1.99. The number of amides is 2. The van der Waals surface area contributed by atoms with E-state index < -0.39 is 0 Å². The molecule has 0 unspecified atom stereocenters. The van der Waals surface area contributed by atoms with Gasteiger partial charge in [-0.25, -0.2) is 10.2 Å². The van der Waals surface area contributed by atoms with Gasteiger partial charge in [0.05, 0.1) is 6.67 Å². The van der Waals surface area contributed by atoms with Crippen molar-refractivity contribution in [3.05, 3.63) is 5.01 Å². The highest BCUT2D eigenvalue weighted by Crippen LogP contribution is 2.23. The first kappa shape index (κ1) is 13.2. The molecule has 0 bridgehead atoms. The summed E-state index contributed by atoms with van der Waals surface area (Å²) in [6.07, 6.45) is 5.85. The molecule has 2 heterocycles. The van der Waals surface area contributed by atoms with Crippen molar-refractivity contribution in [3.8, 4) is 0 Å². The lowest BCUT2D eigenvalue weighted by molar-refractivity contribution is 0.217. The number of hydrogen-bond donors (Lipinski definition) is 1. The molecule has 0 radical (unpaired) electrons. The molecule has 7 heteroatoms. The average Bonchev–Trinajstić information content (AvgIpc) is 2.94. The molecule has 1 saturated heterocycles. The third-order valence-corrected chi connectivity index (χ3v) is 3.92. The van der Waals surface area contributed by atoms with Crippen LogP contribution in [0.25, 0.3) is 0 Å². The number of aromatic nitrogens is 2. The lowest BCUT2D eigenvalue weighted by Crippen LogP contribution is -2.31. The van der Waals surface area contributed by atoms with Crippen LogP contribution in [0.1, 0.15) is 37.6 Å². The molecule has 1 aliphatic heterocycles. The number of hydrazine groups is 1. The molecule has 2 rings (SSSR count). The van der Waals surface area contributed by atoms with Crippen LogP contribution in [0.2, 0.25) is 0 Å². The number of carbonyl (C=O) groups excluding carboxylic acids is 1. The summed E-state index contributed by atoms with van der Waals surface area (Å²) in [4.78, 5) is 13.3. The lowest BCUT2D eigenvalue weighted by atomic mass is 10.2. The van der Waals surface area contributed by atoms with E-state index in [-0.39, 0.29) is 6.03 Å². The van der Waals surface area contributed by atoms with Gasteiger partial charge in [-0.2, -0.15) is 0 Å². The molecule has 6 nitrogen and oxygen atoms in total. The monoisotopic (exact) mass is 269 g/mol. The van der Waals surface area contributed by atoms with Gasteiger partial charge >= 0.3 is 6.03 Å². The molecule has 1 N–H and O–H groups in total.